The van der Waals surface area contributed by atoms with Gasteiger partial charge in [0.1, 0.15) is 16.6 Å². The molecule has 0 radical (unpaired) electrons. The lowest BCUT2D eigenvalue weighted by atomic mass is 10.1. The van der Waals surface area contributed by atoms with Gasteiger partial charge < -0.3 is 10.6 Å². The summed E-state index contributed by atoms with van der Waals surface area (Å²) in [6.45, 7) is 5.31. The minimum atomic E-state index is -0.564. The second-order valence-electron chi connectivity index (χ2n) is 5.66. The zero-order valence-corrected chi connectivity index (χ0v) is 17.6. The van der Waals surface area contributed by atoms with E-state index in [9.17, 15) is 8.78 Å². The number of aliphatic imine (C=N–C) groups is 1. The molecule has 1 aromatic heterocycles. The van der Waals surface area contributed by atoms with Crippen molar-refractivity contribution in [2.24, 2.45) is 4.99 Å². The second kappa shape index (κ2) is 10.6. The highest BCUT2D eigenvalue weighted by Crippen LogP contribution is 2.17. The van der Waals surface area contributed by atoms with Gasteiger partial charge in [-0.25, -0.2) is 13.8 Å². The molecule has 0 bridgehead atoms. The molecule has 0 spiro atoms. The largest absolute Gasteiger partial charge is 0.356 e. The van der Waals surface area contributed by atoms with Crippen molar-refractivity contribution in [3.05, 3.63) is 51.5 Å². The zero-order valence-electron chi connectivity index (χ0n) is 14.5. The second-order valence-corrected chi connectivity index (χ2v) is 6.60. The summed E-state index contributed by atoms with van der Waals surface area (Å²) in [6.07, 6.45) is 0.446. The van der Waals surface area contributed by atoms with E-state index in [-0.39, 0.29) is 24.0 Å². The van der Waals surface area contributed by atoms with Crippen LogP contribution in [0, 0.1) is 11.6 Å². The lowest BCUT2D eigenvalue weighted by Gasteiger charge is -2.11. The van der Waals surface area contributed by atoms with Gasteiger partial charge in [-0.15, -0.1) is 35.3 Å². The summed E-state index contributed by atoms with van der Waals surface area (Å²) in [5.41, 5.74) is 1.56. The number of nitrogens with one attached hydrogen (secondary N) is 2. The first-order chi connectivity index (χ1) is 11.5. The molecule has 4 nitrogen and oxygen atoms in total. The average molecular weight is 480 g/mol. The van der Waals surface area contributed by atoms with Crippen LogP contribution >= 0.6 is 35.3 Å². The van der Waals surface area contributed by atoms with Crippen molar-refractivity contribution in [1.29, 1.82) is 0 Å². The summed E-state index contributed by atoms with van der Waals surface area (Å²) < 4.78 is 26.4. The number of benzene rings is 1. The summed E-state index contributed by atoms with van der Waals surface area (Å²) in [5.74, 6) is -0.0495. The molecule has 2 N–H and O–H groups in total. The minimum Gasteiger partial charge on any atom is -0.356 e. The number of guanidine groups is 1. The van der Waals surface area contributed by atoms with Crippen molar-refractivity contribution in [1.82, 2.24) is 15.6 Å². The Kier molecular flexibility index (Phi) is 9.26. The standard InChI is InChI=1S/C17H22F2N4S.HI/c1-11(2)15-10-24-16(23-15)9-22-17(20-3)21-7-6-12-4-5-13(18)8-14(12)19;/h4-5,8,10-11H,6-7,9H2,1-3H3,(H2,20,21,22);1H. The van der Waals surface area contributed by atoms with Crippen LogP contribution in [0.5, 0.6) is 0 Å². The highest BCUT2D eigenvalue weighted by molar-refractivity contribution is 14.0. The van der Waals surface area contributed by atoms with Gasteiger partial charge in [0.05, 0.1) is 12.2 Å². The first-order valence-electron chi connectivity index (χ1n) is 7.82. The molecule has 0 aliphatic carbocycles. The van der Waals surface area contributed by atoms with E-state index >= 15 is 0 Å². The Labute approximate surface area is 168 Å². The van der Waals surface area contributed by atoms with Crippen LogP contribution in [0.25, 0.3) is 0 Å². The van der Waals surface area contributed by atoms with Crippen molar-refractivity contribution in [3.63, 3.8) is 0 Å². The van der Waals surface area contributed by atoms with Crippen LogP contribution in [0.2, 0.25) is 0 Å². The molecule has 0 amide bonds. The number of halogens is 3. The maximum Gasteiger partial charge on any atom is 0.191 e. The molecule has 138 valence electrons. The molecule has 0 fully saturated rings. The third-order valence-corrected chi connectivity index (χ3v) is 4.36. The Hall–Kier alpha value is -1.29. The SMILES string of the molecule is CN=C(NCCc1ccc(F)cc1F)NCc1nc(C(C)C)cs1.I. The summed E-state index contributed by atoms with van der Waals surface area (Å²) in [7, 11) is 1.68. The average Bonchev–Trinajstić information content (AvgIpc) is 3.01. The maximum atomic E-state index is 13.6. The third-order valence-electron chi connectivity index (χ3n) is 3.49. The molecule has 8 heteroatoms. The molecular weight excluding hydrogens is 457 g/mol. The van der Waals surface area contributed by atoms with Crippen molar-refractivity contribution in [2.75, 3.05) is 13.6 Å². The Bertz CT molecular complexity index is 704. The van der Waals surface area contributed by atoms with E-state index in [1.54, 1.807) is 18.4 Å². The number of nitrogens with zero attached hydrogens (tertiary/aromatic N) is 2. The molecule has 0 unspecified atom stereocenters. The fourth-order valence-corrected chi connectivity index (χ4v) is 2.99. The van der Waals surface area contributed by atoms with E-state index < -0.39 is 11.6 Å². The van der Waals surface area contributed by atoms with Crippen LogP contribution in [0.15, 0.2) is 28.6 Å². The van der Waals surface area contributed by atoms with Crippen LogP contribution in [-0.2, 0) is 13.0 Å². The molecule has 0 aliphatic rings. The predicted molar refractivity (Wildman–Crippen MR) is 110 cm³/mol. The number of thiazole rings is 1. The summed E-state index contributed by atoms with van der Waals surface area (Å²) in [4.78, 5) is 8.68. The molecule has 0 saturated carbocycles. The van der Waals surface area contributed by atoms with Gasteiger partial charge in [-0.3, -0.25) is 4.99 Å². The van der Waals surface area contributed by atoms with E-state index in [2.05, 4.69) is 39.8 Å². The minimum absolute atomic E-state index is 0. The van der Waals surface area contributed by atoms with Gasteiger partial charge in [0, 0.05) is 25.0 Å². The smallest absolute Gasteiger partial charge is 0.191 e. The van der Waals surface area contributed by atoms with Gasteiger partial charge >= 0.3 is 0 Å². The van der Waals surface area contributed by atoms with Gasteiger partial charge in [-0.1, -0.05) is 19.9 Å². The predicted octanol–water partition coefficient (Wildman–Crippen LogP) is 4.07. The lowest BCUT2D eigenvalue weighted by Crippen LogP contribution is -2.37. The lowest BCUT2D eigenvalue weighted by molar-refractivity contribution is 0.570. The number of hydrogen-bond acceptors (Lipinski definition) is 3. The summed E-state index contributed by atoms with van der Waals surface area (Å²) >= 11 is 1.61. The van der Waals surface area contributed by atoms with Crippen LogP contribution < -0.4 is 10.6 Å². The highest BCUT2D eigenvalue weighted by atomic mass is 127. The number of hydrogen-bond donors (Lipinski definition) is 2. The fourth-order valence-electron chi connectivity index (χ4n) is 2.09. The zero-order chi connectivity index (χ0) is 17.5. The molecule has 0 aliphatic heterocycles. The molecule has 1 aromatic carbocycles. The van der Waals surface area contributed by atoms with E-state index in [0.717, 1.165) is 16.8 Å². The van der Waals surface area contributed by atoms with Gasteiger partial charge in [0.25, 0.3) is 0 Å². The molecule has 1 heterocycles. The third kappa shape index (κ3) is 6.85. The topological polar surface area (TPSA) is 49.3 Å². The number of rotatable bonds is 6. The van der Waals surface area contributed by atoms with Crippen molar-refractivity contribution < 1.29 is 8.78 Å². The van der Waals surface area contributed by atoms with Crippen LogP contribution in [0.3, 0.4) is 0 Å². The normalized spacial score (nSPS) is 11.4. The Morgan fingerprint density at radius 2 is 2.04 bits per heavy atom. The maximum absolute atomic E-state index is 13.6. The van der Waals surface area contributed by atoms with Crippen LogP contribution in [0.4, 0.5) is 8.78 Å². The molecule has 0 atom stereocenters. The molecule has 0 saturated heterocycles. The quantitative estimate of drug-likeness (QED) is 0.373. The van der Waals surface area contributed by atoms with E-state index in [0.29, 0.717) is 37.0 Å². The van der Waals surface area contributed by atoms with Gasteiger partial charge in [0.15, 0.2) is 5.96 Å². The van der Waals surface area contributed by atoms with Crippen molar-refractivity contribution in [2.45, 2.75) is 32.7 Å². The first kappa shape index (κ1) is 21.8. The van der Waals surface area contributed by atoms with Gasteiger partial charge in [-0.05, 0) is 24.0 Å². The fraction of sp³-hybridized carbons (Fsp3) is 0.412. The Morgan fingerprint density at radius 1 is 1.28 bits per heavy atom. The summed E-state index contributed by atoms with van der Waals surface area (Å²) in [6, 6.07) is 3.63. The van der Waals surface area contributed by atoms with Crippen molar-refractivity contribution >= 4 is 41.3 Å². The van der Waals surface area contributed by atoms with Gasteiger partial charge in [0.2, 0.25) is 0 Å². The molecule has 25 heavy (non-hydrogen) atoms. The van der Waals surface area contributed by atoms with Crippen LogP contribution in [-0.4, -0.2) is 24.5 Å². The number of aromatic nitrogens is 1. The highest BCUT2D eigenvalue weighted by Gasteiger charge is 2.07. The van der Waals surface area contributed by atoms with Crippen molar-refractivity contribution in [3.8, 4) is 0 Å². The van der Waals surface area contributed by atoms with Gasteiger partial charge in [-0.2, -0.15) is 0 Å². The monoisotopic (exact) mass is 480 g/mol. The first-order valence-corrected chi connectivity index (χ1v) is 8.70. The van der Waals surface area contributed by atoms with Crippen LogP contribution in [0.1, 0.15) is 36.0 Å². The molecular formula is C17H23F2IN4S. The summed E-state index contributed by atoms with van der Waals surface area (Å²) in [5, 5.41) is 9.35. The van der Waals surface area contributed by atoms with E-state index in [4.69, 9.17) is 0 Å². The molecule has 2 aromatic rings. The van der Waals surface area contributed by atoms with E-state index in [1.165, 1.54) is 12.1 Å². The van der Waals surface area contributed by atoms with E-state index in [1.807, 2.05) is 0 Å². The Balaban J connectivity index is 0.00000312. The molecule has 2 rings (SSSR count). The Morgan fingerprint density at radius 3 is 2.64 bits per heavy atom.